The molecule has 2 N–H and O–H groups in total. The summed E-state index contributed by atoms with van der Waals surface area (Å²) in [6.07, 6.45) is 12.9. The minimum atomic E-state index is -4.45. The highest BCUT2D eigenvalue weighted by atomic mass is 31.2. The average molecular weight is 477 g/mol. The Morgan fingerprint density at radius 2 is 1.64 bits per heavy atom. The third-order valence-corrected chi connectivity index (χ3v) is 6.46. The number of phosphoric ester groups is 1. The number of rotatable bonds is 15. The molecule has 0 spiro atoms. The van der Waals surface area contributed by atoms with E-state index in [-0.39, 0.29) is 0 Å². The number of pyridine rings is 1. The average Bonchev–Trinajstić information content (AvgIpc) is 2.77. The van der Waals surface area contributed by atoms with E-state index in [2.05, 4.69) is 11.9 Å². The van der Waals surface area contributed by atoms with Gasteiger partial charge in [-0.2, -0.15) is 0 Å². The highest BCUT2D eigenvalue weighted by Gasteiger charge is 2.33. The van der Waals surface area contributed by atoms with Crippen LogP contribution in [0.5, 0.6) is 5.75 Å². The molecule has 33 heavy (non-hydrogen) atoms. The minimum Gasteiger partial charge on any atom is -0.494 e. The number of phosphoric acid groups is 1. The maximum atomic E-state index is 11.0. The van der Waals surface area contributed by atoms with E-state index in [1.165, 1.54) is 51.4 Å². The van der Waals surface area contributed by atoms with E-state index < -0.39 is 13.9 Å². The van der Waals surface area contributed by atoms with Crippen molar-refractivity contribution in [3.63, 3.8) is 0 Å². The first kappa shape index (κ1) is 25.7. The normalized spacial score (nSPS) is 14.3. The molecule has 1 aliphatic heterocycles. The van der Waals surface area contributed by atoms with Crippen molar-refractivity contribution in [2.75, 3.05) is 24.6 Å². The van der Waals surface area contributed by atoms with Crippen molar-refractivity contribution >= 4 is 13.6 Å². The molecule has 182 valence electrons. The molecule has 0 bridgehead atoms. The summed E-state index contributed by atoms with van der Waals surface area (Å²) in [5, 5.41) is 0. The van der Waals surface area contributed by atoms with Gasteiger partial charge in [0.1, 0.15) is 17.7 Å². The van der Waals surface area contributed by atoms with Gasteiger partial charge in [0.2, 0.25) is 0 Å². The fraction of sp³-hybridized carbons (Fsp3) is 0.560. The maximum Gasteiger partial charge on any atom is 0.469 e. The van der Waals surface area contributed by atoms with Crippen LogP contribution < -0.4 is 9.64 Å². The summed E-state index contributed by atoms with van der Waals surface area (Å²) < 4.78 is 21.7. The van der Waals surface area contributed by atoms with Gasteiger partial charge in [-0.3, -0.25) is 4.52 Å². The van der Waals surface area contributed by atoms with Crippen molar-refractivity contribution < 1.29 is 23.6 Å². The summed E-state index contributed by atoms with van der Waals surface area (Å²) in [5.74, 6) is 1.63. The van der Waals surface area contributed by atoms with E-state index >= 15 is 0 Å². The molecule has 0 unspecified atom stereocenters. The fourth-order valence-corrected chi connectivity index (χ4v) is 4.55. The lowest BCUT2D eigenvalue weighted by molar-refractivity contribution is 0.111. The second-order valence-corrected chi connectivity index (χ2v) is 9.92. The number of nitrogens with zero attached hydrogens (tertiary/aromatic N) is 2. The quantitative estimate of drug-likeness (QED) is 0.242. The lowest BCUT2D eigenvalue weighted by Crippen LogP contribution is -2.52. The molecule has 8 heteroatoms. The van der Waals surface area contributed by atoms with Gasteiger partial charge < -0.3 is 19.4 Å². The van der Waals surface area contributed by atoms with E-state index in [0.717, 1.165) is 35.7 Å². The van der Waals surface area contributed by atoms with E-state index in [1.807, 2.05) is 41.3 Å². The van der Waals surface area contributed by atoms with Gasteiger partial charge in [-0.15, -0.1) is 0 Å². The molecule has 0 amide bonds. The molecular weight excluding hydrogens is 439 g/mol. The Balaban J connectivity index is 1.41. The highest BCUT2D eigenvalue weighted by Crippen LogP contribution is 2.40. The Bertz CT molecular complexity index is 898. The van der Waals surface area contributed by atoms with E-state index in [9.17, 15) is 4.57 Å². The van der Waals surface area contributed by atoms with Crippen LogP contribution in [0.4, 0.5) is 5.82 Å². The predicted molar refractivity (Wildman–Crippen MR) is 132 cm³/mol. The zero-order chi connectivity index (χ0) is 23.5. The Kier molecular flexibility index (Phi) is 10.2. The van der Waals surface area contributed by atoms with E-state index in [4.69, 9.17) is 19.0 Å². The standard InChI is InChI=1S/C25H37N2O5P/c1-2-3-4-5-6-7-8-9-10-16-31-23-13-11-12-21(17-23)22-14-15-26-25(18-22)27-19-24(20-27)32-33(28,29)30/h11-15,17-18,24H,2-10,16,19-20H2,1H3,(H2,28,29,30). The summed E-state index contributed by atoms with van der Waals surface area (Å²) in [6, 6.07) is 12.0. The zero-order valence-corrected chi connectivity index (χ0v) is 20.5. The Labute approximate surface area is 197 Å². The van der Waals surface area contributed by atoms with Gasteiger partial charge >= 0.3 is 7.82 Å². The van der Waals surface area contributed by atoms with E-state index in [0.29, 0.717) is 13.1 Å². The number of hydrogen-bond acceptors (Lipinski definition) is 5. The molecule has 0 atom stereocenters. The molecule has 1 aromatic carbocycles. The molecular formula is C25H37N2O5P. The molecule has 0 saturated carbocycles. The van der Waals surface area contributed by atoms with Crippen LogP contribution in [0.1, 0.15) is 64.7 Å². The Hall–Kier alpha value is -1.92. The Morgan fingerprint density at radius 3 is 2.33 bits per heavy atom. The first-order valence-electron chi connectivity index (χ1n) is 12.1. The summed E-state index contributed by atoms with van der Waals surface area (Å²) in [7, 11) is -4.45. The molecule has 3 rings (SSSR count). The number of unbranched alkanes of at least 4 members (excludes halogenated alkanes) is 8. The Morgan fingerprint density at radius 1 is 0.970 bits per heavy atom. The molecule has 2 aromatic rings. The van der Waals surface area contributed by atoms with Gasteiger partial charge in [-0.1, -0.05) is 70.4 Å². The van der Waals surface area contributed by atoms with Crippen LogP contribution in [0.15, 0.2) is 42.6 Å². The van der Waals surface area contributed by atoms with E-state index in [1.54, 1.807) is 6.20 Å². The number of aromatic nitrogens is 1. The number of ether oxygens (including phenoxy) is 1. The smallest absolute Gasteiger partial charge is 0.469 e. The van der Waals surface area contributed by atoms with Crippen LogP contribution in [0.3, 0.4) is 0 Å². The van der Waals surface area contributed by atoms with Crippen LogP contribution in [0.2, 0.25) is 0 Å². The van der Waals surface area contributed by atoms with Crippen LogP contribution in [-0.2, 0) is 9.09 Å². The van der Waals surface area contributed by atoms with Gasteiger partial charge in [-0.25, -0.2) is 9.55 Å². The van der Waals surface area contributed by atoms with Gasteiger partial charge in [0.25, 0.3) is 0 Å². The number of anilines is 1. The van der Waals surface area contributed by atoms with Crippen molar-refractivity contribution in [2.45, 2.75) is 70.8 Å². The van der Waals surface area contributed by atoms with Crippen LogP contribution in [-0.4, -0.2) is 40.6 Å². The first-order chi connectivity index (χ1) is 15.9. The number of benzene rings is 1. The third kappa shape index (κ3) is 9.09. The van der Waals surface area contributed by atoms with Crippen molar-refractivity contribution in [3.05, 3.63) is 42.6 Å². The summed E-state index contributed by atoms with van der Waals surface area (Å²) in [4.78, 5) is 24.2. The lowest BCUT2D eigenvalue weighted by Gasteiger charge is -2.39. The van der Waals surface area contributed by atoms with Gasteiger partial charge in [-0.05, 0) is 41.8 Å². The summed E-state index contributed by atoms with van der Waals surface area (Å²) in [5.41, 5.74) is 2.07. The minimum absolute atomic E-state index is 0.406. The topological polar surface area (TPSA) is 92.1 Å². The molecule has 1 fully saturated rings. The molecule has 1 aliphatic rings. The largest absolute Gasteiger partial charge is 0.494 e. The SMILES string of the molecule is CCCCCCCCCCCOc1cccc(-c2ccnc(N3CC(OP(=O)(O)O)C3)c2)c1. The van der Waals surface area contributed by atoms with Crippen molar-refractivity contribution in [3.8, 4) is 16.9 Å². The summed E-state index contributed by atoms with van der Waals surface area (Å²) in [6.45, 7) is 3.80. The molecule has 1 saturated heterocycles. The van der Waals surface area contributed by atoms with Gasteiger partial charge in [0.05, 0.1) is 6.61 Å². The zero-order valence-electron chi connectivity index (χ0n) is 19.6. The third-order valence-electron chi connectivity index (χ3n) is 5.89. The maximum absolute atomic E-state index is 11.0. The van der Waals surface area contributed by atoms with Crippen molar-refractivity contribution in [1.82, 2.24) is 4.98 Å². The van der Waals surface area contributed by atoms with Gasteiger partial charge in [0, 0.05) is 19.3 Å². The molecule has 0 aliphatic carbocycles. The lowest BCUT2D eigenvalue weighted by atomic mass is 10.1. The van der Waals surface area contributed by atoms with Gasteiger partial charge in [0.15, 0.2) is 0 Å². The predicted octanol–water partition coefficient (Wildman–Crippen LogP) is 5.96. The van der Waals surface area contributed by atoms with Crippen LogP contribution in [0, 0.1) is 0 Å². The molecule has 2 heterocycles. The molecule has 1 aromatic heterocycles. The number of hydrogen-bond donors (Lipinski definition) is 2. The van der Waals surface area contributed by atoms with Crippen LogP contribution >= 0.6 is 7.82 Å². The highest BCUT2D eigenvalue weighted by molar-refractivity contribution is 7.46. The molecule has 7 nitrogen and oxygen atoms in total. The first-order valence-corrected chi connectivity index (χ1v) is 13.7. The second kappa shape index (κ2) is 13.1. The van der Waals surface area contributed by atoms with Crippen molar-refractivity contribution in [2.24, 2.45) is 0 Å². The van der Waals surface area contributed by atoms with Crippen LogP contribution in [0.25, 0.3) is 11.1 Å². The summed E-state index contributed by atoms with van der Waals surface area (Å²) >= 11 is 0. The monoisotopic (exact) mass is 476 g/mol. The fourth-order valence-electron chi connectivity index (χ4n) is 4.03. The van der Waals surface area contributed by atoms with Crippen molar-refractivity contribution in [1.29, 1.82) is 0 Å². The molecule has 0 radical (unpaired) electrons. The second-order valence-electron chi connectivity index (χ2n) is 8.73.